The van der Waals surface area contributed by atoms with Crippen molar-refractivity contribution in [3.8, 4) is 0 Å². The molecule has 0 saturated heterocycles. The van der Waals surface area contributed by atoms with Gasteiger partial charge in [0.15, 0.2) is 0 Å². The van der Waals surface area contributed by atoms with Crippen LogP contribution in [0.25, 0.3) is 0 Å². The van der Waals surface area contributed by atoms with Gasteiger partial charge in [0, 0.05) is 0 Å². The van der Waals surface area contributed by atoms with Crippen LogP contribution in [-0.2, 0) is 40.0 Å². The van der Waals surface area contributed by atoms with Crippen molar-refractivity contribution in [3.05, 3.63) is 12.7 Å². The van der Waals surface area contributed by atoms with Crippen LogP contribution in [0.5, 0.6) is 0 Å². The normalized spacial score (nSPS) is 3.21. The zero-order valence-electron chi connectivity index (χ0n) is 6.91. The molecule has 0 rings (SSSR count). The first-order valence-corrected chi connectivity index (χ1v) is 2.94. The maximum atomic E-state index is 7.50. The van der Waals surface area contributed by atoms with Crippen LogP contribution < -0.4 is 0 Å². The average Bonchev–Trinajstić information content (AvgIpc) is 2.41. The van der Waals surface area contributed by atoms with E-state index in [1.54, 1.807) is 6.08 Å². The third kappa shape index (κ3) is 6420. The summed E-state index contributed by atoms with van der Waals surface area (Å²) in [5, 5.41) is 0.896. The van der Waals surface area contributed by atoms with Crippen molar-refractivity contribution in [3.63, 3.8) is 0 Å². The molecule has 0 atom stereocenters. The van der Waals surface area contributed by atoms with Gasteiger partial charge in [0.2, 0.25) is 0 Å². The fraction of sp³-hybridized carbons (Fsp3) is 0.125. The van der Waals surface area contributed by atoms with Crippen molar-refractivity contribution in [1.29, 1.82) is 0 Å². The molecule has 5 nitrogen and oxygen atoms in total. The number of allylic oxidation sites excluding steroid dienone is 1. The second kappa shape index (κ2) is 3520. The number of hydrogen-bond acceptors (Lipinski definition) is 5. The minimum Gasteiger partial charge on any atom is -0.281 e. The Labute approximate surface area is 92.4 Å². The maximum absolute atomic E-state index is 7.50. The Kier molecular flexibility index (Phi) is 9780. The SMILES string of the molecule is C=C[CH2][Mn].[C]=O.[C]=O.[C]=O.[C]=O.[C]=O. The van der Waals surface area contributed by atoms with Crippen molar-refractivity contribution >= 4 is 33.9 Å². The molecule has 0 spiro atoms. The molecule has 74 valence electrons. The molecule has 0 aromatic heterocycles. The van der Waals surface area contributed by atoms with Gasteiger partial charge in [-0.25, -0.2) is 0 Å². The van der Waals surface area contributed by atoms with Gasteiger partial charge >= 0.3 is 34.0 Å². The van der Waals surface area contributed by atoms with Gasteiger partial charge in [-0.15, -0.1) is 0 Å². The Hall–Kier alpha value is -1.39. The second-order valence-electron chi connectivity index (χ2n) is 0.443. The molecule has 0 heterocycles. The average molecular weight is 236 g/mol. The van der Waals surface area contributed by atoms with Gasteiger partial charge in [-0.05, 0) is 0 Å². The fourth-order valence-corrected chi connectivity index (χ4v) is 0. The molecule has 0 unspecified atom stereocenters. The number of rotatable bonds is 1. The van der Waals surface area contributed by atoms with Crippen LogP contribution in [0.15, 0.2) is 12.7 Å². The van der Waals surface area contributed by atoms with E-state index in [0.29, 0.717) is 0 Å². The standard InChI is InChI=1S/C3H5.5CO.Mn/c1-3-2;5*1-2;/h3H,1-2H2;;;;;;. The summed E-state index contributed by atoms with van der Waals surface area (Å²) in [4.78, 5) is 37.5. The van der Waals surface area contributed by atoms with Gasteiger partial charge in [0.25, 0.3) is 33.9 Å². The van der Waals surface area contributed by atoms with Crippen molar-refractivity contribution < 1.29 is 40.0 Å². The molecule has 6 heteroatoms. The van der Waals surface area contributed by atoms with E-state index in [1.807, 2.05) is 0 Å². The summed E-state index contributed by atoms with van der Waals surface area (Å²) in [6.45, 7) is 25.9. The fourth-order valence-electron chi connectivity index (χ4n) is 0. The minimum atomic E-state index is 0.896. The van der Waals surface area contributed by atoms with Crippen molar-refractivity contribution in [1.82, 2.24) is 0 Å². The smallest absolute Gasteiger partial charge is 0.281 e. The monoisotopic (exact) mass is 236 g/mol. The summed E-state index contributed by atoms with van der Waals surface area (Å²) in [5.74, 6) is 0. The van der Waals surface area contributed by atoms with Crippen LogP contribution in [0.3, 0.4) is 0 Å². The third-order valence-electron chi connectivity index (χ3n) is 0.109. The summed E-state index contributed by atoms with van der Waals surface area (Å²) in [6.07, 6.45) is 1.79. The van der Waals surface area contributed by atoms with E-state index < -0.39 is 0 Å². The van der Waals surface area contributed by atoms with Crippen molar-refractivity contribution in [2.75, 3.05) is 0 Å². The molecular weight excluding hydrogens is 231 g/mol. The molecule has 10 radical (unpaired) electrons. The van der Waals surface area contributed by atoms with Gasteiger partial charge in [-0.2, -0.15) is 0 Å². The van der Waals surface area contributed by atoms with E-state index >= 15 is 0 Å². The van der Waals surface area contributed by atoms with Gasteiger partial charge in [0.1, 0.15) is 0 Å². The van der Waals surface area contributed by atoms with Crippen LogP contribution in [0.4, 0.5) is 0 Å². The molecule has 0 aliphatic rings. The van der Waals surface area contributed by atoms with Crippen molar-refractivity contribution in [2.24, 2.45) is 0 Å². The quantitative estimate of drug-likeness (QED) is 0.437. The molecule has 0 aliphatic heterocycles. The van der Waals surface area contributed by atoms with Crippen LogP contribution in [0, 0.1) is 0 Å². The predicted molar refractivity (Wildman–Crippen MR) is 43.5 cm³/mol. The molecule has 0 aliphatic carbocycles. The van der Waals surface area contributed by atoms with Crippen LogP contribution >= 0.6 is 0 Å². The molecular formula is C8H5MnO5. The Balaban J connectivity index is -0.0000000143. The maximum Gasteiger partial charge on any atom is 0.281 e. The third-order valence-corrected chi connectivity index (χ3v) is 0.450. The molecule has 0 bridgehead atoms. The summed E-state index contributed by atoms with van der Waals surface area (Å²) >= 11 is 3.13. The number of hydrogen-bond donors (Lipinski definition) is 0. The summed E-state index contributed by atoms with van der Waals surface area (Å²) in [6, 6.07) is 0. The topological polar surface area (TPSA) is 85.3 Å². The van der Waals surface area contributed by atoms with Crippen molar-refractivity contribution in [2.45, 2.75) is 5.32 Å². The van der Waals surface area contributed by atoms with Crippen LogP contribution in [0.1, 0.15) is 0 Å². The van der Waals surface area contributed by atoms with Gasteiger partial charge in [-0.3, -0.25) is 24.0 Å². The van der Waals surface area contributed by atoms with E-state index in [9.17, 15) is 0 Å². The van der Waals surface area contributed by atoms with E-state index in [2.05, 4.69) is 56.5 Å². The first-order chi connectivity index (χ1) is 6.91. The van der Waals surface area contributed by atoms with E-state index in [-0.39, 0.29) is 0 Å². The summed E-state index contributed by atoms with van der Waals surface area (Å²) in [5.41, 5.74) is 0. The Morgan fingerprint density at radius 2 is 0.857 bits per heavy atom. The Bertz CT molecular complexity index is 61.1. The second-order valence-corrected chi connectivity index (χ2v) is 0.925. The molecule has 14 heavy (non-hydrogen) atoms. The summed E-state index contributed by atoms with van der Waals surface area (Å²) in [7, 11) is 0. The van der Waals surface area contributed by atoms with Gasteiger partial charge in [-0.1, -0.05) is 0 Å². The van der Waals surface area contributed by atoms with Gasteiger partial charge in [0.05, 0.1) is 0 Å². The predicted octanol–water partition coefficient (Wildman–Crippen LogP) is -0.848. The van der Waals surface area contributed by atoms with E-state index in [4.69, 9.17) is 24.0 Å². The minimum absolute atomic E-state index is 0.896. The molecule has 0 aromatic carbocycles. The molecule has 0 aromatic rings. The van der Waals surface area contributed by atoms with E-state index in [1.165, 1.54) is 0 Å². The Morgan fingerprint density at radius 1 is 0.786 bits per heavy atom. The first-order valence-electron chi connectivity index (χ1n) is 2.10. The largest absolute Gasteiger partial charge is 0.281 e. The molecule has 0 saturated carbocycles. The summed E-state index contributed by atoms with van der Waals surface area (Å²) < 4.78 is 0. The Morgan fingerprint density at radius 3 is 0.857 bits per heavy atom. The van der Waals surface area contributed by atoms with Gasteiger partial charge < -0.3 is 0 Å². The zero-order valence-corrected chi connectivity index (χ0v) is 8.09. The van der Waals surface area contributed by atoms with Crippen LogP contribution in [0.2, 0.25) is 5.32 Å². The molecule has 0 amide bonds. The zero-order chi connectivity index (χ0) is 13.4. The first kappa shape index (κ1) is 38.9. The molecule has 0 fully saturated rings. The number of carbonyl (C=O) groups excluding carboxylic acids is 5. The van der Waals surface area contributed by atoms with E-state index in [0.717, 1.165) is 5.32 Å². The molecule has 0 N–H and O–H groups in total. The van der Waals surface area contributed by atoms with Crippen LogP contribution in [-0.4, -0.2) is 33.9 Å².